The number of hydrogen-bond acceptors (Lipinski definition) is 2. The number of ketones is 2. The zero-order valence-corrected chi connectivity index (χ0v) is 6.28. The Labute approximate surface area is 70.2 Å². The fourth-order valence-corrected chi connectivity index (χ4v) is 0.786. The summed E-state index contributed by atoms with van der Waals surface area (Å²) >= 11 is 0. The second-order valence-electron chi connectivity index (χ2n) is 2.17. The molecule has 12 heavy (non-hydrogen) atoms. The van der Waals surface area contributed by atoms with Crippen LogP contribution in [0.2, 0.25) is 0 Å². The molecule has 0 heterocycles. The lowest BCUT2D eigenvalue weighted by atomic mass is 10.1. The predicted molar refractivity (Wildman–Crippen MR) is 44.6 cm³/mol. The van der Waals surface area contributed by atoms with Crippen molar-refractivity contribution in [1.29, 1.82) is 0 Å². The van der Waals surface area contributed by atoms with Crippen LogP contribution in [0, 0.1) is 12.3 Å². The van der Waals surface area contributed by atoms with Gasteiger partial charge in [0.25, 0.3) is 5.78 Å². The van der Waals surface area contributed by atoms with Crippen LogP contribution in [-0.4, -0.2) is 11.6 Å². The molecular formula is C10H6O2. The van der Waals surface area contributed by atoms with Gasteiger partial charge in [0.1, 0.15) is 0 Å². The van der Waals surface area contributed by atoms with E-state index in [2.05, 4.69) is 0 Å². The Morgan fingerprint density at radius 1 is 1.17 bits per heavy atom. The summed E-state index contributed by atoms with van der Waals surface area (Å²) in [7, 11) is 0. The first-order chi connectivity index (χ1) is 5.75. The standard InChI is InChI=1S/C10H6O2/c1-2-9(11)10(12)8-6-4-3-5-7-8/h1,3-7H. The summed E-state index contributed by atoms with van der Waals surface area (Å²) in [6.07, 6.45) is 4.79. The quantitative estimate of drug-likeness (QED) is 0.279. The minimum Gasteiger partial charge on any atom is -0.284 e. The van der Waals surface area contributed by atoms with Crippen molar-refractivity contribution in [3.8, 4) is 12.3 Å². The number of rotatable bonds is 2. The van der Waals surface area contributed by atoms with Crippen LogP contribution in [0.4, 0.5) is 0 Å². The van der Waals surface area contributed by atoms with Gasteiger partial charge in [-0.05, 0) is 5.92 Å². The molecule has 0 bridgehead atoms. The monoisotopic (exact) mass is 158 g/mol. The third-order valence-corrected chi connectivity index (χ3v) is 1.37. The summed E-state index contributed by atoms with van der Waals surface area (Å²) in [5.74, 6) is 0.344. The summed E-state index contributed by atoms with van der Waals surface area (Å²) < 4.78 is 0. The van der Waals surface area contributed by atoms with E-state index in [1.807, 2.05) is 0 Å². The Morgan fingerprint density at radius 2 is 1.75 bits per heavy atom. The maximum Gasteiger partial charge on any atom is 0.276 e. The number of hydrogen-bond donors (Lipinski definition) is 0. The van der Waals surface area contributed by atoms with Gasteiger partial charge in [-0.2, -0.15) is 0 Å². The van der Waals surface area contributed by atoms with E-state index in [9.17, 15) is 9.59 Å². The van der Waals surface area contributed by atoms with Crippen LogP contribution in [0.15, 0.2) is 30.3 Å². The van der Waals surface area contributed by atoms with Crippen LogP contribution < -0.4 is 0 Å². The van der Waals surface area contributed by atoms with E-state index >= 15 is 0 Å². The van der Waals surface area contributed by atoms with Crippen LogP contribution in [0.5, 0.6) is 0 Å². The van der Waals surface area contributed by atoms with Gasteiger partial charge in [-0.1, -0.05) is 30.3 Å². The molecule has 0 aliphatic rings. The van der Waals surface area contributed by atoms with E-state index in [1.165, 1.54) is 0 Å². The van der Waals surface area contributed by atoms with Crippen molar-refractivity contribution >= 4 is 11.6 Å². The predicted octanol–water partition coefficient (Wildman–Crippen LogP) is 1.07. The van der Waals surface area contributed by atoms with Gasteiger partial charge in [0.05, 0.1) is 0 Å². The maximum atomic E-state index is 11.1. The zero-order valence-electron chi connectivity index (χ0n) is 6.28. The molecule has 2 heteroatoms. The molecule has 58 valence electrons. The van der Waals surface area contributed by atoms with Crippen LogP contribution in [0.25, 0.3) is 0 Å². The van der Waals surface area contributed by atoms with Crippen molar-refractivity contribution < 1.29 is 9.59 Å². The molecular weight excluding hydrogens is 152 g/mol. The first kappa shape index (κ1) is 8.22. The van der Waals surface area contributed by atoms with Gasteiger partial charge in [0, 0.05) is 5.56 Å². The fourth-order valence-electron chi connectivity index (χ4n) is 0.786. The van der Waals surface area contributed by atoms with Gasteiger partial charge in [0.15, 0.2) is 0 Å². The third kappa shape index (κ3) is 1.58. The van der Waals surface area contributed by atoms with E-state index in [-0.39, 0.29) is 0 Å². The van der Waals surface area contributed by atoms with E-state index < -0.39 is 11.6 Å². The molecule has 0 saturated heterocycles. The largest absolute Gasteiger partial charge is 0.284 e. The smallest absolute Gasteiger partial charge is 0.276 e. The van der Waals surface area contributed by atoms with Gasteiger partial charge in [-0.3, -0.25) is 9.59 Å². The van der Waals surface area contributed by atoms with E-state index in [4.69, 9.17) is 6.42 Å². The number of benzene rings is 1. The molecule has 0 aromatic heterocycles. The Hall–Kier alpha value is -1.88. The molecule has 2 nitrogen and oxygen atoms in total. The molecule has 1 aromatic rings. The number of carbonyl (C=O) groups excluding carboxylic acids is 2. The molecule has 1 aromatic carbocycles. The van der Waals surface area contributed by atoms with Crippen molar-refractivity contribution in [2.45, 2.75) is 0 Å². The average molecular weight is 158 g/mol. The first-order valence-corrected chi connectivity index (χ1v) is 3.36. The van der Waals surface area contributed by atoms with E-state index in [1.54, 1.807) is 36.3 Å². The number of terminal acetylenes is 1. The SMILES string of the molecule is C#CC(=O)C(=O)c1ccccc1. The van der Waals surface area contributed by atoms with Gasteiger partial charge >= 0.3 is 0 Å². The minimum atomic E-state index is -0.804. The highest BCUT2D eigenvalue weighted by molar-refractivity contribution is 6.49. The summed E-state index contributed by atoms with van der Waals surface area (Å²) in [6, 6.07) is 8.22. The highest BCUT2D eigenvalue weighted by atomic mass is 16.2. The lowest BCUT2D eigenvalue weighted by molar-refractivity contribution is -0.110. The minimum absolute atomic E-state index is 0.334. The van der Waals surface area contributed by atoms with Crippen molar-refractivity contribution in [2.24, 2.45) is 0 Å². The second kappa shape index (κ2) is 3.49. The van der Waals surface area contributed by atoms with Gasteiger partial charge in [-0.15, -0.1) is 6.42 Å². The third-order valence-electron chi connectivity index (χ3n) is 1.37. The van der Waals surface area contributed by atoms with Crippen molar-refractivity contribution in [1.82, 2.24) is 0 Å². The molecule has 0 spiro atoms. The van der Waals surface area contributed by atoms with E-state index in [0.717, 1.165) is 0 Å². The Balaban J connectivity index is 2.96. The van der Waals surface area contributed by atoms with Gasteiger partial charge < -0.3 is 0 Å². The number of Topliss-reactive ketones (excluding diaryl/α,β-unsaturated/α-hetero) is 2. The number of carbonyl (C=O) groups is 2. The van der Waals surface area contributed by atoms with Crippen LogP contribution >= 0.6 is 0 Å². The fraction of sp³-hybridized carbons (Fsp3) is 0. The van der Waals surface area contributed by atoms with Crippen molar-refractivity contribution in [3.63, 3.8) is 0 Å². The summed E-state index contributed by atoms with van der Waals surface area (Å²) in [4.78, 5) is 21.8. The Kier molecular flexibility index (Phi) is 2.39. The highest BCUT2D eigenvalue weighted by Crippen LogP contribution is 1.99. The van der Waals surface area contributed by atoms with Crippen molar-refractivity contribution in [2.75, 3.05) is 0 Å². The van der Waals surface area contributed by atoms with Crippen molar-refractivity contribution in [3.05, 3.63) is 35.9 Å². The molecule has 0 unspecified atom stereocenters. The molecule has 0 aliphatic heterocycles. The summed E-state index contributed by atoms with van der Waals surface area (Å²) in [6.45, 7) is 0. The normalized spacial score (nSPS) is 8.58. The molecule has 0 atom stereocenters. The molecule has 0 saturated carbocycles. The molecule has 0 aliphatic carbocycles. The second-order valence-corrected chi connectivity index (χ2v) is 2.17. The van der Waals surface area contributed by atoms with Crippen LogP contribution in [-0.2, 0) is 4.79 Å². The van der Waals surface area contributed by atoms with Crippen LogP contribution in [0.3, 0.4) is 0 Å². The molecule has 0 radical (unpaired) electrons. The lowest BCUT2D eigenvalue weighted by Crippen LogP contribution is -2.10. The molecule has 0 N–H and O–H groups in total. The Morgan fingerprint density at radius 3 is 2.25 bits per heavy atom. The first-order valence-electron chi connectivity index (χ1n) is 3.36. The molecule has 0 fully saturated rings. The Bertz CT molecular complexity index is 344. The van der Waals surface area contributed by atoms with Gasteiger partial charge in [-0.25, -0.2) is 0 Å². The van der Waals surface area contributed by atoms with Crippen LogP contribution in [0.1, 0.15) is 10.4 Å². The summed E-state index contributed by atoms with van der Waals surface area (Å²) in [5, 5.41) is 0. The average Bonchev–Trinajstić information content (AvgIpc) is 2.17. The maximum absolute atomic E-state index is 11.1. The molecule has 0 amide bonds. The van der Waals surface area contributed by atoms with Gasteiger partial charge in [0.2, 0.25) is 5.78 Å². The topological polar surface area (TPSA) is 34.1 Å². The zero-order chi connectivity index (χ0) is 8.97. The van der Waals surface area contributed by atoms with E-state index in [0.29, 0.717) is 5.56 Å². The summed E-state index contributed by atoms with van der Waals surface area (Å²) in [5.41, 5.74) is 0.334. The lowest BCUT2D eigenvalue weighted by Gasteiger charge is -1.92. The highest BCUT2D eigenvalue weighted by Gasteiger charge is 2.11. The molecule has 1 rings (SSSR count).